The summed E-state index contributed by atoms with van der Waals surface area (Å²) in [5.74, 6) is 0.918. The van der Waals surface area contributed by atoms with Gasteiger partial charge in [-0.15, -0.1) is 0 Å². The normalized spacial score (nSPS) is 10.3. The van der Waals surface area contributed by atoms with Crippen molar-refractivity contribution >= 4 is 5.97 Å². The summed E-state index contributed by atoms with van der Waals surface area (Å²) in [7, 11) is 1.57. The number of pyridine rings is 1. The molecule has 2 aromatic rings. The van der Waals surface area contributed by atoms with Crippen LogP contribution in [0.15, 0.2) is 47.4 Å². The van der Waals surface area contributed by atoms with E-state index in [1.807, 2.05) is 13.0 Å². The van der Waals surface area contributed by atoms with Crippen molar-refractivity contribution in [3.63, 3.8) is 0 Å². The van der Waals surface area contributed by atoms with E-state index in [-0.39, 0.29) is 24.6 Å². The summed E-state index contributed by atoms with van der Waals surface area (Å²) in [5, 5.41) is 0. The number of carbonyl (C=O) groups is 1. The summed E-state index contributed by atoms with van der Waals surface area (Å²) >= 11 is 0. The van der Waals surface area contributed by atoms with Gasteiger partial charge in [0.1, 0.15) is 6.61 Å². The molecule has 0 spiro atoms. The van der Waals surface area contributed by atoms with Crippen molar-refractivity contribution < 1.29 is 19.0 Å². The van der Waals surface area contributed by atoms with Crippen LogP contribution in [0.5, 0.6) is 11.5 Å². The van der Waals surface area contributed by atoms with Crippen molar-refractivity contribution in [1.82, 2.24) is 4.57 Å². The van der Waals surface area contributed by atoms with E-state index in [9.17, 15) is 9.59 Å². The molecular formula is C19H23NO5. The monoisotopic (exact) mass is 345 g/mol. The lowest BCUT2D eigenvalue weighted by atomic mass is 10.2. The van der Waals surface area contributed by atoms with E-state index >= 15 is 0 Å². The van der Waals surface area contributed by atoms with E-state index < -0.39 is 0 Å². The summed E-state index contributed by atoms with van der Waals surface area (Å²) in [5.41, 5.74) is 0.675. The lowest BCUT2D eigenvalue weighted by molar-refractivity contribution is -0.145. The largest absolute Gasteiger partial charge is 0.493 e. The van der Waals surface area contributed by atoms with Crippen molar-refractivity contribution in [3.05, 3.63) is 58.5 Å². The minimum Gasteiger partial charge on any atom is -0.493 e. The topological polar surface area (TPSA) is 66.8 Å². The molecule has 0 N–H and O–H groups in total. The first-order chi connectivity index (χ1) is 12.1. The predicted octanol–water partition coefficient (Wildman–Crippen LogP) is 2.78. The van der Waals surface area contributed by atoms with Gasteiger partial charge in [-0.3, -0.25) is 9.59 Å². The highest BCUT2D eigenvalue weighted by atomic mass is 16.5. The average molecular weight is 345 g/mol. The molecule has 1 heterocycles. The number of hydrogen-bond acceptors (Lipinski definition) is 5. The van der Waals surface area contributed by atoms with Crippen LogP contribution in [0.3, 0.4) is 0 Å². The van der Waals surface area contributed by atoms with Crippen LogP contribution in [0, 0.1) is 0 Å². The number of hydrogen-bond donors (Lipinski definition) is 0. The maximum Gasteiger partial charge on any atom is 0.307 e. The summed E-state index contributed by atoms with van der Waals surface area (Å²) in [4.78, 5) is 23.4. The van der Waals surface area contributed by atoms with Crippen LogP contribution in [0.2, 0.25) is 0 Å². The van der Waals surface area contributed by atoms with Gasteiger partial charge in [0.2, 0.25) is 0 Å². The molecule has 0 aliphatic rings. The summed E-state index contributed by atoms with van der Waals surface area (Å²) in [6, 6.07) is 10.3. The standard InChI is InChI=1S/C19H23NO5/c1-3-12-24-16-8-7-15(13-17(16)23-2)14-25-19(22)9-11-20-10-5-4-6-18(20)21/h4-8,10,13H,3,9,11-12,14H2,1-2H3. The average Bonchev–Trinajstić information content (AvgIpc) is 2.64. The maximum absolute atomic E-state index is 11.9. The number of benzene rings is 1. The molecule has 0 aliphatic carbocycles. The molecule has 1 aromatic carbocycles. The Balaban J connectivity index is 1.86. The van der Waals surface area contributed by atoms with Gasteiger partial charge < -0.3 is 18.8 Å². The SMILES string of the molecule is CCCOc1ccc(COC(=O)CCn2ccccc2=O)cc1OC. The fourth-order valence-electron chi connectivity index (χ4n) is 2.23. The number of rotatable bonds is 9. The molecule has 0 aliphatic heterocycles. The van der Waals surface area contributed by atoms with Crippen LogP contribution in [-0.2, 0) is 22.7 Å². The van der Waals surface area contributed by atoms with E-state index in [2.05, 4.69) is 0 Å². The summed E-state index contributed by atoms with van der Waals surface area (Å²) in [6.07, 6.45) is 2.70. The fraction of sp³-hybridized carbons (Fsp3) is 0.368. The third kappa shape index (κ3) is 5.67. The van der Waals surface area contributed by atoms with Crippen LogP contribution in [-0.4, -0.2) is 24.3 Å². The van der Waals surface area contributed by atoms with Crippen LogP contribution in [0.1, 0.15) is 25.3 Å². The Morgan fingerprint density at radius 1 is 1.16 bits per heavy atom. The number of esters is 1. The molecule has 25 heavy (non-hydrogen) atoms. The van der Waals surface area contributed by atoms with Crippen molar-refractivity contribution in [2.45, 2.75) is 32.9 Å². The second-order valence-corrected chi connectivity index (χ2v) is 5.48. The van der Waals surface area contributed by atoms with E-state index in [1.54, 1.807) is 37.6 Å². The molecule has 134 valence electrons. The zero-order valence-corrected chi connectivity index (χ0v) is 14.6. The van der Waals surface area contributed by atoms with Crippen LogP contribution in [0.25, 0.3) is 0 Å². The molecule has 6 heteroatoms. The Kier molecular flexibility index (Phi) is 7.07. The Hall–Kier alpha value is -2.76. The Morgan fingerprint density at radius 3 is 2.72 bits per heavy atom. The summed E-state index contributed by atoms with van der Waals surface area (Å²) in [6.45, 7) is 3.09. The number of carbonyl (C=O) groups excluding carboxylic acids is 1. The van der Waals surface area contributed by atoms with Gasteiger partial charge in [0.15, 0.2) is 11.5 Å². The third-order valence-electron chi connectivity index (χ3n) is 3.55. The number of aromatic nitrogens is 1. The van der Waals surface area contributed by atoms with Gasteiger partial charge in [-0.25, -0.2) is 0 Å². The first-order valence-electron chi connectivity index (χ1n) is 8.25. The zero-order chi connectivity index (χ0) is 18.1. The van der Waals surface area contributed by atoms with E-state index in [0.29, 0.717) is 24.7 Å². The second-order valence-electron chi connectivity index (χ2n) is 5.48. The molecule has 0 unspecified atom stereocenters. The van der Waals surface area contributed by atoms with Gasteiger partial charge in [0.05, 0.1) is 20.1 Å². The third-order valence-corrected chi connectivity index (χ3v) is 3.55. The molecule has 0 saturated carbocycles. The molecule has 6 nitrogen and oxygen atoms in total. The second kappa shape index (κ2) is 9.52. The van der Waals surface area contributed by atoms with E-state index in [0.717, 1.165) is 12.0 Å². The predicted molar refractivity (Wildman–Crippen MR) is 93.9 cm³/mol. The molecule has 0 fully saturated rings. The number of nitrogens with zero attached hydrogens (tertiary/aromatic N) is 1. The highest BCUT2D eigenvalue weighted by molar-refractivity contribution is 5.69. The molecule has 0 saturated heterocycles. The minimum atomic E-state index is -0.360. The molecule has 0 bridgehead atoms. The van der Waals surface area contributed by atoms with Gasteiger partial charge in [0, 0.05) is 18.8 Å². The van der Waals surface area contributed by atoms with Gasteiger partial charge >= 0.3 is 5.97 Å². The van der Waals surface area contributed by atoms with Crippen LogP contribution in [0.4, 0.5) is 0 Å². The van der Waals surface area contributed by atoms with Crippen molar-refractivity contribution in [3.8, 4) is 11.5 Å². The Morgan fingerprint density at radius 2 is 2.00 bits per heavy atom. The van der Waals surface area contributed by atoms with Gasteiger partial charge in [-0.2, -0.15) is 0 Å². The van der Waals surface area contributed by atoms with E-state index in [4.69, 9.17) is 14.2 Å². The highest BCUT2D eigenvalue weighted by Gasteiger charge is 2.08. The van der Waals surface area contributed by atoms with Crippen molar-refractivity contribution in [1.29, 1.82) is 0 Å². The molecule has 0 atom stereocenters. The van der Waals surface area contributed by atoms with Crippen LogP contribution < -0.4 is 15.0 Å². The van der Waals surface area contributed by atoms with E-state index in [1.165, 1.54) is 10.6 Å². The van der Waals surface area contributed by atoms with Crippen molar-refractivity contribution in [2.75, 3.05) is 13.7 Å². The Labute approximate surface area is 147 Å². The Bertz CT molecular complexity index is 753. The minimum absolute atomic E-state index is 0.136. The molecule has 0 radical (unpaired) electrons. The molecule has 0 amide bonds. The zero-order valence-electron chi connectivity index (χ0n) is 14.6. The first-order valence-corrected chi connectivity index (χ1v) is 8.25. The number of ether oxygens (including phenoxy) is 3. The molecule has 1 aromatic heterocycles. The lowest BCUT2D eigenvalue weighted by Gasteiger charge is -2.12. The lowest BCUT2D eigenvalue weighted by Crippen LogP contribution is -2.20. The maximum atomic E-state index is 11.9. The van der Waals surface area contributed by atoms with Gasteiger partial charge in [0.25, 0.3) is 5.56 Å². The number of aryl methyl sites for hydroxylation is 1. The summed E-state index contributed by atoms with van der Waals surface area (Å²) < 4.78 is 17.6. The van der Waals surface area contributed by atoms with Crippen molar-refractivity contribution in [2.24, 2.45) is 0 Å². The van der Waals surface area contributed by atoms with Gasteiger partial charge in [-0.1, -0.05) is 19.1 Å². The number of methoxy groups -OCH3 is 1. The fourth-order valence-corrected chi connectivity index (χ4v) is 2.23. The molecular weight excluding hydrogens is 322 g/mol. The molecule has 2 rings (SSSR count). The first kappa shape index (κ1) is 18.6. The smallest absolute Gasteiger partial charge is 0.307 e. The van der Waals surface area contributed by atoms with Gasteiger partial charge in [-0.05, 0) is 30.2 Å². The van der Waals surface area contributed by atoms with Crippen LogP contribution >= 0.6 is 0 Å². The quantitative estimate of drug-likeness (QED) is 0.654. The highest BCUT2D eigenvalue weighted by Crippen LogP contribution is 2.28.